The van der Waals surface area contributed by atoms with E-state index in [0.717, 1.165) is 11.6 Å². The number of aliphatic hydroxyl groups is 2. The van der Waals surface area contributed by atoms with Crippen LogP contribution in [0.4, 0.5) is 0 Å². The Bertz CT molecular complexity index is 1060. The number of rotatable bonds is 6. The topological polar surface area (TPSA) is 127 Å². The van der Waals surface area contributed by atoms with Crippen molar-refractivity contribution in [2.75, 3.05) is 0 Å². The van der Waals surface area contributed by atoms with E-state index in [1.807, 2.05) is 19.9 Å². The second-order valence-electron chi connectivity index (χ2n) is 9.13. The molecule has 1 heterocycles. The number of hydrogen-bond donors (Lipinski definition) is 5. The maximum atomic E-state index is 13.0. The van der Waals surface area contributed by atoms with E-state index in [1.54, 1.807) is 26.0 Å². The molecule has 1 aliphatic rings. The number of hydrogen-bond acceptors (Lipinski definition) is 7. The minimum atomic E-state index is -1.58. The average molecular weight is 443 g/mol. The molecule has 0 aliphatic carbocycles. The molecule has 172 valence electrons. The highest BCUT2D eigenvalue weighted by molar-refractivity contribution is 6.06. The van der Waals surface area contributed by atoms with Crippen molar-refractivity contribution in [3.05, 3.63) is 58.2 Å². The molecule has 0 fully saturated rings. The van der Waals surface area contributed by atoms with Crippen LogP contribution in [-0.4, -0.2) is 43.0 Å². The minimum Gasteiger partial charge on any atom is -0.508 e. The third-order valence-corrected chi connectivity index (χ3v) is 5.54. The lowest BCUT2D eigenvalue weighted by atomic mass is 9.88. The summed E-state index contributed by atoms with van der Waals surface area (Å²) in [5.41, 5.74) is 1.22. The summed E-state index contributed by atoms with van der Waals surface area (Å²) in [6.07, 6.45) is 0.198. The first-order valence-corrected chi connectivity index (χ1v) is 10.5. The maximum absolute atomic E-state index is 13.0. The van der Waals surface area contributed by atoms with Crippen molar-refractivity contribution < 1.29 is 35.1 Å². The lowest BCUT2D eigenvalue weighted by Gasteiger charge is -2.32. The summed E-state index contributed by atoms with van der Waals surface area (Å²) in [6.45, 7) is 7.14. The van der Waals surface area contributed by atoms with E-state index in [9.17, 15) is 30.3 Å². The van der Waals surface area contributed by atoms with E-state index in [-0.39, 0.29) is 41.2 Å². The van der Waals surface area contributed by atoms with Gasteiger partial charge in [-0.3, -0.25) is 4.79 Å². The van der Waals surface area contributed by atoms with Gasteiger partial charge in [-0.25, -0.2) is 0 Å². The number of aliphatic hydroxyl groups excluding tert-OH is 1. The molecule has 0 aromatic heterocycles. The standard InChI is InChI=1S/C25H30O7/c1-13(2)5-6-14-11-15(7-8-17(14)26)23-22(30)21(29)20-19(28)12-18(27)16(24(20)32-23)9-10-25(3,4)31/h5,7-8,11-12,22-23,26-28,30-31H,6,9-10H2,1-4H3/t22-,23+/m0/s1. The fourth-order valence-electron chi connectivity index (χ4n) is 3.70. The second kappa shape index (κ2) is 8.84. The fraction of sp³-hybridized carbons (Fsp3) is 0.400. The van der Waals surface area contributed by atoms with E-state index in [2.05, 4.69) is 0 Å². The van der Waals surface area contributed by atoms with E-state index >= 15 is 0 Å². The Kier molecular flexibility index (Phi) is 6.53. The zero-order valence-corrected chi connectivity index (χ0v) is 18.7. The van der Waals surface area contributed by atoms with Crippen molar-refractivity contribution in [1.29, 1.82) is 0 Å². The van der Waals surface area contributed by atoms with Crippen molar-refractivity contribution in [2.45, 2.75) is 64.8 Å². The number of aromatic hydroxyl groups is 3. The monoisotopic (exact) mass is 442 g/mol. The van der Waals surface area contributed by atoms with Gasteiger partial charge in [0, 0.05) is 11.6 Å². The first kappa shape index (κ1) is 23.6. The third kappa shape index (κ3) is 4.89. The van der Waals surface area contributed by atoms with Crippen LogP contribution in [0.15, 0.2) is 35.9 Å². The number of carbonyl (C=O) groups excluding carboxylic acids is 1. The zero-order chi connectivity index (χ0) is 23.8. The molecule has 0 bridgehead atoms. The zero-order valence-electron chi connectivity index (χ0n) is 18.7. The highest BCUT2D eigenvalue weighted by Crippen LogP contribution is 2.46. The number of ether oxygens (including phenoxy) is 1. The predicted molar refractivity (Wildman–Crippen MR) is 119 cm³/mol. The van der Waals surface area contributed by atoms with Crippen LogP contribution in [0, 0.1) is 0 Å². The van der Waals surface area contributed by atoms with Crippen molar-refractivity contribution in [2.24, 2.45) is 0 Å². The molecule has 1 aliphatic heterocycles. The summed E-state index contributed by atoms with van der Waals surface area (Å²) >= 11 is 0. The highest BCUT2D eigenvalue weighted by Gasteiger charge is 2.41. The molecule has 5 N–H and O–H groups in total. The van der Waals surface area contributed by atoms with Gasteiger partial charge in [-0.05, 0) is 70.2 Å². The Labute approximate surface area is 187 Å². The third-order valence-electron chi connectivity index (χ3n) is 5.54. The van der Waals surface area contributed by atoms with Gasteiger partial charge in [0.2, 0.25) is 5.78 Å². The van der Waals surface area contributed by atoms with Crippen LogP contribution in [0.25, 0.3) is 0 Å². The molecule has 0 radical (unpaired) electrons. The van der Waals surface area contributed by atoms with Gasteiger partial charge in [-0.2, -0.15) is 0 Å². The smallest absolute Gasteiger partial charge is 0.202 e. The van der Waals surface area contributed by atoms with Crippen LogP contribution in [0.2, 0.25) is 0 Å². The molecule has 0 saturated heterocycles. The number of phenolic OH excluding ortho intramolecular Hbond substituents is 3. The molecule has 7 nitrogen and oxygen atoms in total. The van der Waals surface area contributed by atoms with Gasteiger partial charge >= 0.3 is 0 Å². The quantitative estimate of drug-likeness (QED) is 0.432. The van der Waals surface area contributed by atoms with E-state index in [1.165, 1.54) is 6.07 Å². The molecule has 0 amide bonds. The SMILES string of the molecule is CC(C)=CCc1cc([C@H]2Oc3c(CCC(C)(C)O)c(O)cc(O)c3C(=O)[C@@H]2O)ccc1O. The Morgan fingerprint density at radius 3 is 2.41 bits per heavy atom. The van der Waals surface area contributed by atoms with Gasteiger partial charge in [0.25, 0.3) is 0 Å². The molecule has 0 unspecified atom stereocenters. The van der Waals surface area contributed by atoms with Crippen molar-refractivity contribution in [1.82, 2.24) is 0 Å². The lowest BCUT2D eigenvalue weighted by Crippen LogP contribution is -2.37. The van der Waals surface area contributed by atoms with Crippen molar-refractivity contribution in [3.8, 4) is 23.0 Å². The van der Waals surface area contributed by atoms with Gasteiger partial charge in [0.1, 0.15) is 28.6 Å². The Morgan fingerprint density at radius 1 is 1.09 bits per heavy atom. The number of Topliss-reactive ketones (excluding diaryl/α,β-unsaturated/α-hetero) is 1. The summed E-state index contributed by atoms with van der Waals surface area (Å²) < 4.78 is 6.01. The Balaban J connectivity index is 2.06. The molecule has 7 heteroatoms. The number of carbonyl (C=O) groups is 1. The van der Waals surface area contributed by atoms with Crippen LogP contribution in [0.5, 0.6) is 23.0 Å². The Hall–Kier alpha value is -3.03. The minimum absolute atomic E-state index is 0.00836. The maximum Gasteiger partial charge on any atom is 0.202 e. The molecule has 32 heavy (non-hydrogen) atoms. The Morgan fingerprint density at radius 2 is 1.78 bits per heavy atom. The molecule has 2 atom stereocenters. The molecule has 3 rings (SSSR count). The van der Waals surface area contributed by atoms with Crippen molar-refractivity contribution >= 4 is 5.78 Å². The molecule has 2 aromatic carbocycles. The number of phenols is 3. The fourth-order valence-corrected chi connectivity index (χ4v) is 3.70. The molecule has 2 aromatic rings. The predicted octanol–water partition coefficient (Wildman–Crippen LogP) is 3.69. The summed E-state index contributed by atoms with van der Waals surface area (Å²) in [6, 6.07) is 5.76. The van der Waals surface area contributed by atoms with Crippen LogP contribution < -0.4 is 4.74 Å². The van der Waals surface area contributed by atoms with Gasteiger partial charge < -0.3 is 30.3 Å². The molecule has 0 saturated carbocycles. The molecular weight excluding hydrogens is 412 g/mol. The van der Waals surface area contributed by atoms with E-state index in [4.69, 9.17) is 4.74 Å². The van der Waals surface area contributed by atoms with Crippen LogP contribution >= 0.6 is 0 Å². The number of benzene rings is 2. The first-order chi connectivity index (χ1) is 14.9. The molecular formula is C25H30O7. The van der Waals surface area contributed by atoms with Crippen molar-refractivity contribution in [3.63, 3.8) is 0 Å². The number of fused-ring (bicyclic) bond motifs is 1. The van der Waals surface area contributed by atoms with Crippen LogP contribution in [0.1, 0.15) is 67.3 Å². The summed E-state index contributed by atoms with van der Waals surface area (Å²) in [5.74, 6) is -1.39. The summed E-state index contributed by atoms with van der Waals surface area (Å²) in [5, 5.41) is 51.7. The van der Waals surface area contributed by atoms with E-state index in [0.29, 0.717) is 17.5 Å². The van der Waals surface area contributed by atoms with Gasteiger partial charge in [0.15, 0.2) is 12.2 Å². The summed E-state index contributed by atoms with van der Waals surface area (Å²) in [7, 11) is 0. The van der Waals surface area contributed by atoms with Gasteiger partial charge in [-0.1, -0.05) is 17.7 Å². The first-order valence-electron chi connectivity index (χ1n) is 10.5. The summed E-state index contributed by atoms with van der Waals surface area (Å²) in [4.78, 5) is 13.0. The van der Waals surface area contributed by atoms with Crippen LogP contribution in [-0.2, 0) is 12.8 Å². The van der Waals surface area contributed by atoms with E-state index < -0.39 is 29.3 Å². The average Bonchev–Trinajstić information content (AvgIpc) is 2.68. The number of ketones is 1. The molecule has 0 spiro atoms. The largest absolute Gasteiger partial charge is 0.508 e. The van der Waals surface area contributed by atoms with Crippen LogP contribution in [0.3, 0.4) is 0 Å². The highest BCUT2D eigenvalue weighted by atomic mass is 16.5. The normalized spacial score (nSPS) is 18.1. The van der Waals surface area contributed by atoms with Gasteiger partial charge in [0.05, 0.1) is 5.60 Å². The van der Waals surface area contributed by atoms with Gasteiger partial charge in [-0.15, -0.1) is 0 Å². The second-order valence-corrected chi connectivity index (χ2v) is 9.13. The lowest BCUT2D eigenvalue weighted by molar-refractivity contribution is 0.0203. The number of allylic oxidation sites excluding steroid dienone is 2.